The van der Waals surface area contributed by atoms with Gasteiger partial charge in [-0.2, -0.15) is 0 Å². The molecule has 0 fully saturated rings. The molecule has 1 atom stereocenters. The number of unbranched alkanes of at least 4 members (excludes halogenated alkanes) is 1. The Hall–Kier alpha value is -3.34. The smallest absolute Gasteiger partial charge is 0.242 e. The molecule has 5 heteroatoms. The molecule has 0 radical (unpaired) electrons. The first kappa shape index (κ1) is 24.3. The SMILES string of the molecule is CCCCNC(=O)C(C)N(Cc1ccc(OC)cc1)C(=O)CCc1cccc2ccccc12. The first-order valence-electron chi connectivity index (χ1n) is 11.7. The summed E-state index contributed by atoms with van der Waals surface area (Å²) in [5, 5.41) is 5.30. The topological polar surface area (TPSA) is 58.6 Å². The Kier molecular flexibility index (Phi) is 8.87. The van der Waals surface area contributed by atoms with E-state index in [1.807, 2.05) is 42.5 Å². The van der Waals surface area contributed by atoms with Gasteiger partial charge in [-0.25, -0.2) is 0 Å². The molecule has 0 aromatic heterocycles. The van der Waals surface area contributed by atoms with Gasteiger partial charge < -0.3 is 15.0 Å². The normalized spacial score (nSPS) is 11.7. The van der Waals surface area contributed by atoms with Crippen molar-refractivity contribution in [3.63, 3.8) is 0 Å². The summed E-state index contributed by atoms with van der Waals surface area (Å²) in [7, 11) is 1.63. The molecule has 0 heterocycles. The van der Waals surface area contributed by atoms with E-state index in [9.17, 15) is 9.59 Å². The zero-order valence-electron chi connectivity index (χ0n) is 19.8. The number of fused-ring (bicyclic) bond motifs is 1. The molecule has 0 aliphatic carbocycles. The third kappa shape index (κ3) is 6.58. The van der Waals surface area contributed by atoms with Crippen molar-refractivity contribution in [1.82, 2.24) is 10.2 Å². The number of hydrogen-bond acceptors (Lipinski definition) is 3. The average molecular weight is 447 g/mol. The second-order valence-corrected chi connectivity index (χ2v) is 8.33. The van der Waals surface area contributed by atoms with Crippen molar-refractivity contribution in [2.45, 2.75) is 52.1 Å². The highest BCUT2D eigenvalue weighted by atomic mass is 16.5. The molecule has 3 rings (SSSR count). The zero-order valence-corrected chi connectivity index (χ0v) is 19.8. The Morgan fingerprint density at radius 2 is 1.73 bits per heavy atom. The lowest BCUT2D eigenvalue weighted by Gasteiger charge is -2.29. The van der Waals surface area contributed by atoms with Crippen LogP contribution in [0.15, 0.2) is 66.7 Å². The number of carbonyl (C=O) groups is 2. The number of carbonyl (C=O) groups excluding carboxylic acids is 2. The van der Waals surface area contributed by atoms with Crippen LogP contribution in [-0.2, 0) is 22.6 Å². The van der Waals surface area contributed by atoms with Crippen LogP contribution in [0.3, 0.4) is 0 Å². The molecule has 3 aromatic rings. The number of benzene rings is 3. The van der Waals surface area contributed by atoms with Gasteiger partial charge in [-0.3, -0.25) is 9.59 Å². The van der Waals surface area contributed by atoms with Gasteiger partial charge in [-0.15, -0.1) is 0 Å². The number of rotatable bonds is 11. The van der Waals surface area contributed by atoms with E-state index in [1.54, 1.807) is 18.9 Å². The zero-order chi connectivity index (χ0) is 23.6. The summed E-state index contributed by atoms with van der Waals surface area (Å²) >= 11 is 0. The molecule has 1 N–H and O–H groups in total. The van der Waals surface area contributed by atoms with Crippen LogP contribution in [0.4, 0.5) is 0 Å². The monoisotopic (exact) mass is 446 g/mol. The molecule has 0 bridgehead atoms. The predicted molar refractivity (Wildman–Crippen MR) is 133 cm³/mol. The number of methoxy groups -OCH3 is 1. The Balaban J connectivity index is 1.75. The predicted octanol–water partition coefficient (Wildman–Crippen LogP) is 5.11. The van der Waals surface area contributed by atoms with E-state index in [1.165, 1.54) is 10.8 Å². The Morgan fingerprint density at radius 1 is 1.00 bits per heavy atom. The standard InChI is InChI=1S/C28H34N2O3/c1-4-5-19-29-28(32)21(2)30(20-22-13-16-25(33-3)17-14-22)27(31)18-15-24-11-8-10-23-9-6-7-12-26(23)24/h6-14,16-17,21H,4-5,15,18-20H2,1-3H3,(H,29,32). The van der Waals surface area contributed by atoms with Crippen LogP contribution in [0, 0.1) is 0 Å². The summed E-state index contributed by atoms with van der Waals surface area (Å²) in [5.74, 6) is 0.616. The lowest BCUT2D eigenvalue weighted by atomic mass is 10.0. The van der Waals surface area contributed by atoms with Gasteiger partial charge in [0.15, 0.2) is 0 Å². The third-order valence-electron chi connectivity index (χ3n) is 6.00. The van der Waals surface area contributed by atoms with E-state index in [4.69, 9.17) is 4.74 Å². The van der Waals surface area contributed by atoms with Crippen molar-refractivity contribution < 1.29 is 14.3 Å². The summed E-state index contributed by atoms with van der Waals surface area (Å²) in [6.07, 6.45) is 2.90. The van der Waals surface area contributed by atoms with Crippen molar-refractivity contribution in [3.8, 4) is 5.75 Å². The van der Waals surface area contributed by atoms with Gasteiger partial charge in [0.05, 0.1) is 7.11 Å². The maximum Gasteiger partial charge on any atom is 0.242 e. The van der Waals surface area contributed by atoms with Gasteiger partial charge in [0.1, 0.15) is 11.8 Å². The van der Waals surface area contributed by atoms with Crippen molar-refractivity contribution in [2.24, 2.45) is 0 Å². The lowest BCUT2D eigenvalue weighted by Crippen LogP contribution is -2.47. The molecule has 0 spiro atoms. The van der Waals surface area contributed by atoms with E-state index < -0.39 is 6.04 Å². The fourth-order valence-corrected chi connectivity index (χ4v) is 3.94. The van der Waals surface area contributed by atoms with E-state index in [-0.39, 0.29) is 11.8 Å². The molecular formula is C28H34N2O3. The highest BCUT2D eigenvalue weighted by Crippen LogP contribution is 2.21. The number of hydrogen-bond donors (Lipinski definition) is 1. The summed E-state index contributed by atoms with van der Waals surface area (Å²) < 4.78 is 5.24. The Labute approximate surface area is 196 Å². The molecule has 2 amide bonds. The van der Waals surface area contributed by atoms with Crippen LogP contribution < -0.4 is 10.1 Å². The van der Waals surface area contributed by atoms with Gasteiger partial charge >= 0.3 is 0 Å². The largest absolute Gasteiger partial charge is 0.497 e. The molecule has 0 saturated heterocycles. The van der Waals surface area contributed by atoms with E-state index in [2.05, 4.69) is 36.5 Å². The van der Waals surface area contributed by atoms with Crippen LogP contribution in [0.5, 0.6) is 5.75 Å². The van der Waals surface area contributed by atoms with E-state index >= 15 is 0 Å². The quantitative estimate of drug-likeness (QED) is 0.416. The van der Waals surface area contributed by atoms with E-state index in [0.29, 0.717) is 25.9 Å². The molecule has 33 heavy (non-hydrogen) atoms. The van der Waals surface area contributed by atoms with E-state index in [0.717, 1.165) is 29.7 Å². The molecule has 0 aliphatic rings. The first-order chi connectivity index (χ1) is 16.0. The fraction of sp³-hybridized carbons (Fsp3) is 0.357. The van der Waals surface area contributed by atoms with Gasteiger partial charge in [0.2, 0.25) is 11.8 Å². The maximum absolute atomic E-state index is 13.4. The van der Waals surface area contributed by atoms with Gasteiger partial charge in [-0.1, -0.05) is 67.9 Å². The maximum atomic E-state index is 13.4. The number of nitrogens with zero attached hydrogens (tertiary/aromatic N) is 1. The van der Waals surface area contributed by atoms with Crippen molar-refractivity contribution >= 4 is 22.6 Å². The van der Waals surface area contributed by atoms with Crippen LogP contribution in [-0.4, -0.2) is 36.4 Å². The number of ether oxygens (including phenoxy) is 1. The van der Waals surface area contributed by atoms with Gasteiger partial charge in [0, 0.05) is 19.5 Å². The number of aryl methyl sites for hydroxylation is 1. The molecule has 5 nitrogen and oxygen atoms in total. The summed E-state index contributed by atoms with van der Waals surface area (Å²) in [6, 6.07) is 21.5. The minimum absolute atomic E-state index is 0.0307. The lowest BCUT2D eigenvalue weighted by molar-refractivity contribution is -0.140. The van der Waals surface area contributed by atoms with Crippen LogP contribution >= 0.6 is 0 Å². The average Bonchev–Trinajstić information content (AvgIpc) is 2.85. The second-order valence-electron chi connectivity index (χ2n) is 8.33. The van der Waals surface area contributed by atoms with Gasteiger partial charge in [0.25, 0.3) is 0 Å². The summed E-state index contributed by atoms with van der Waals surface area (Å²) in [6.45, 7) is 4.89. The van der Waals surface area contributed by atoms with Crippen molar-refractivity contribution in [1.29, 1.82) is 0 Å². The van der Waals surface area contributed by atoms with Crippen LogP contribution in [0.2, 0.25) is 0 Å². The van der Waals surface area contributed by atoms with Gasteiger partial charge in [-0.05, 0) is 53.8 Å². The molecule has 0 aliphatic heterocycles. The first-order valence-corrected chi connectivity index (χ1v) is 11.7. The van der Waals surface area contributed by atoms with Crippen LogP contribution in [0.25, 0.3) is 10.8 Å². The third-order valence-corrected chi connectivity index (χ3v) is 6.00. The second kappa shape index (κ2) is 12.0. The molecular weight excluding hydrogens is 412 g/mol. The van der Waals surface area contributed by atoms with Crippen molar-refractivity contribution in [3.05, 3.63) is 77.9 Å². The minimum atomic E-state index is -0.552. The Bertz CT molecular complexity index is 1060. The number of nitrogens with one attached hydrogen (secondary N) is 1. The molecule has 1 unspecified atom stereocenters. The molecule has 174 valence electrons. The number of amides is 2. The summed E-state index contributed by atoms with van der Waals surface area (Å²) in [5.41, 5.74) is 2.11. The fourth-order valence-electron chi connectivity index (χ4n) is 3.94. The Morgan fingerprint density at radius 3 is 2.45 bits per heavy atom. The van der Waals surface area contributed by atoms with Crippen LogP contribution in [0.1, 0.15) is 44.2 Å². The summed E-state index contributed by atoms with van der Waals surface area (Å²) in [4.78, 5) is 27.8. The minimum Gasteiger partial charge on any atom is -0.497 e. The van der Waals surface area contributed by atoms with Crippen molar-refractivity contribution in [2.75, 3.05) is 13.7 Å². The highest BCUT2D eigenvalue weighted by molar-refractivity contribution is 5.88. The highest BCUT2D eigenvalue weighted by Gasteiger charge is 2.25. The molecule has 0 saturated carbocycles. The molecule has 3 aromatic carbocycles.